The Bertz CT molecular complexity index is 306. The molecule has 1 aliphatic heterocycles. The predicted molar refractivity (Wildman–Crippen MR) is 67.3 cm³/mol. The molecule has 0 saturated carbocycles. The molecule has 0 radical (unpaired) electrons. The average molecular weight is 239 g/mol. The minimum atomic E-state index is -0.152. The van der Waals surface area contributed by atoms with Crippen LogP contribution >= 0.6 is 11.8 Å². The zero-order valence-corrected chi connectivity index (χ0v) is 10.2. The second-order valence-electron chi connectivity index (χ2n) is 4.30. The molecule has 0 aliphatic carbocycles. The van der Waals surface area contributed by atoms with Crippen LogP contribution < -0.4 is 5.32 Å². The summed E-state index contributed by atoms with van der Waals surface area (Å²) in [7, 11) is 0. The minimum absolute atomic E-state index is 0.152. The molecule has 1 aromatic rings. The van der Waals surface area contributed by atoms with E-state index in [9.17, 15) is 4.39 Å². The molecule has 2 rings (SSSR count). The van der Waals surface area contributed by atoms with Gasteiger partial charge < -0.3 is 5.32 Å². The fraction of sp³-hybridized carbons (Fsp3) is 0.538. The molecule has 88 valence electrons. The van der Waals surface area contributed by atoms with Crippen molar-refractivity contribution in [2.75, 3.05) is 18.8 Å². The van der Waals surface area contributed by atoms with Crippen molar-refractivity contribution in [2.45, 2.75) is 24.2 Å². The molecular weight excluding hydrogens is 221 g/mol. The van der Waals surface area contributed by atoms with Crippen LogP contribution in [-0.2, 0) is 0 Å². The summed E-state index contributed by atoms with van der Waals surface area (Å²) < 4.78 is 12.7. The van der Waals surface area contributed by atoms with Gasteiger partial charge in [-0.2, -0.15) is 0 Å². The maximum Gasteiger partial charge on any atom is 0.123 e. The largest absolute Gasteiger partial charge is 0.316 e. The smallest absolute Gasteiger partial charge is 0.123 e. The fourth-order valence-electron chi connectivity index (χ4n) is 2.04. The van der Waals surface area contributed by atoms with E-state index >= 15 is 0 Å². The van der Waals surface area contributed by atoms with Crippen molar-refractivity contribution >= 4 is 11.8 Å². The minimum Gasteiger partial charge on any atom is -0.316 e. The molecule has 0 amide bonds. The van der Waals surface area contributed by atoms with Gasteiger partial charge in [0, 0.05) is 4.90 Å². The summed E-state index contributed by atoms with van der Waals surface area (Å²) in [6.07, 6.45) is 3.93. The topological polar surface area (TPSA) is 12.0 Å². The Labute approximate surface area is 101 Å². The first-order valence-electron chi connectivity index (χ1n) is 5.94. The standard InChI is InChI=1S/C13H18FNS/c14-12-3-5-13(6-4-12)16-9-7-11-2-1-8-15-10-11/h3-6,11,15H,1-2,7-10H2. The van der Waals surface area contributed by atoms with E-state index in [2.05, 4.69) is 5.32 Å². The summed E-state index contributed by atoms with van der Waals surface area (Å²) in [4.78, 5) is 1.17. The van der Waals surface area contributed by atoms with Crippen LogP contribution in [0.25, 0.3) is 0 Å². The predicted octanol–water partition coefficient (Wildman–Crippen LogP) is 3.31. The molecule has 1 N–H and O–H groups in total. The molecule has 0 bridgehead atoms. The van der Waals surface area contributed by atoms with Gasteiger partial charge in [-0.1, -0.05) is 0 Å². The lowest BCUT2D eigenvalue weighted by Gasteiger charge is -2.22. The van der Waals surface area contributed by atoms with Gasteiger partial charge in [-0.3, -0.25) is 0 Å². The van der Waals surface area contributed by atoms with Crippen LogP contribution in [0, 0.1) is 11.7 Å². The molecule has 0 spiro atoms. The Hall–Kier alpha value is -0.540. The van der Waals surface area contributed by atoms with Crippen LogP contribution in [0.4, 0.5) is 4.39 Å². The van der Waals surface area contributed by atoms with Crippen molar-refractivity contribution in [3.63, 3.8) is 0 Å². The third-order valence-electron chi connectivity index (χ3n) is 3.01. The van der Waals surface area contributed by atoms with E-state index in [0.29, 0.717) is 0 Å². The second-order valence-corrected chi connectivity index (χ2v) is 5.47. The zero-order chi connectivity index (χ0) is 11.2. The lowest BCUT2D eigenvalue weighted by atomic mass is 9.97. The van der Waals surface area contributed by atoms with Crippen LogP contribution in [-0.4, -0.2) is 18.8 Å². The van der Waals surface area contributed by atoms with Gasteiger partial charge >= 0.3 is 0 Å². The summed E-state index contributed by atoms with van der Waals surface area (Å²) >= 11 is 1.83. The molecule has 1 aromatic carbocycles. The Balaban J connectivity index is 1.69. The number of thioether (sulfide) groups is 1. The van der Waals surface area contributed by atoms with Crippen molar-refractivity contribution in [1.29, 1.82) is 0 Å². The third-order valence-corrected chi connectivity index (χ3v) is 4.05. The molecule has 3 heteroatoms. The fourth-order valence-corrected chi connectivity index (χ4v) is 3.06. The molecule has 1 atom stereocenters. The van der Waals surface area contributed by atoms with Crippen molar-refractivity contribution in [3.05, 3.63) is 30.1 Å². The highest BCUT2D eigenvalue weighted by Gasteiger charge is 2.12. The number of hydrogen-bond donors (Lipinski definition) is 1. The lowest BCUT2D eigenvalue weighted by molar-refractivity contribution is 0.371. The highest BCUT2D eigenvalue weighted by atomic mass is 32.2. The Morgan fingerprint density at radius 1 is 1.31 bits per heavy atom. The Kier molecular flexibility index (Phi) is 4.67. The number of benzene rings is 1. The van der Waals surface area contributed by atoms with E-state index < -0.39 is 0 Å². The molecular formula is C13H18FNS. The monoisotopic (exact) mass is 239 g/mol. The van der Waals surface area contributed by atoms with Gasteiger partial charge in [-0.25, -0.2) is 4.39 Å². The van der Waals surface area contributed by atoms with Gasteiger partial charge in [0.15, 0.2) is 0 Å². The number of halogens is 1. The first kappa shape index (κ1) is 11.9. The van der Waals surface area contributed by atoms with Crippen molar-refractivity contribution in [1.82, 2.24) is 5.32 Å². The second kappa shape index (κ2) is 6.26. The maximum atomic E-state index is 12.7. The summed E-state index contributed by atoms with van der Waals surface area (Å²) in [5.74, 6) is 1.82. The molecule has 0 aromatic heterocycles. The van der Waals surface area contributed by atoms with E-state index in [1.165, 1.54) is 49.4 Å². The van der Waals surface area contributed by atoms with E-state index in [-0.39, 0.29) is 5.82 Å². The van der Waals surface area contributed by atoms with E-state index in [0.717, 1.165) is 11.7 Å². The van der Waals surface area contributed by atoms with Gasteiger partial charge in [0.2, 0.25) is 0 Å². The number of nitrogens with one attached hydrogen (secondary N) is 1. The number of rotatable bonds is 4. The van der Waals surface area contributed by atoms with Crippen LogP contribution in [0.2, 0.25) is 0 Å². The number of hydrogen-bond acceptors (Lipinski definition) is 2. The van der Waals surface area contributed by atoms with Crippen LogP contribution in [0.3, 0.4) is 0 Å². The molecule has 1 heterocycles. The van der Waals surface area contributed by atoms with E-state index in [1.807, 2.05) is 23.9 Å². The van der Waals surface area contributed by atoms with Gasteiger partial charge in [0.25, 0.3) is 0 Å². The van der Waals surface area contributed by atoms with Crippen LogP contribution in [0.5, 0.6) is 0 Å². The molecule has 1 nitrogen and oxygen atoms in total. The van der Waals surface area contributed by atoms with Crippen molar-refractivity contribution < 1.29 is 4.39 Å². The molecule has 1 fully saturated rings. The first-order valence-corrected chi connectivity index (χ1v) is 6.92. The molecule has 1 saturated heterocycles. The van der Waals surface area contributed by atoms with Gasteiger partial charge in [0.05, 0.1) is 0 Å². The summed E-state index contributed by atoms with van der Waals surface area (Å²) in [6, 6.07) is 6.78. The van der Waals surface area contributed by atoms with Crippen LogP contribution in [0.1, 0.15) is 19.3 Å². The van der Waals surface area contributed by atoms with E-state index in [1.54, 1.807) is 0 Å². The molecule has 1 aliphatic rings. The average Bonchev–Trinajstić information content (AvgIpc) is 2.33. The van der Waals surface area contributed by atoms with Crippen molar-refractivity contribution in [3.8, 4) is 0 Å². The third kappa shape index (κ3) is 3.80. The summed E-state index contributed by atoms with van der Waals surface area (Å²) in [6.45, 7) is 2.35. The highest BCUT2D eigenvalue weighted by molar-refractivity contribution is 7.99. The lowest BCUT2D eigenvalue weighted by Crippen LogP contribution is -2.29. The SMILES string of the molecule is Fc1ccc(SCCC2CCCNC2)cc1. The summed E-state index contributed by atoms with van der Waals surface area (Å²) in [5.41, 5.74) is 0. The first-order chi connectivity index (χ1) is 7.84. The maximum absolute atomic E-state index is 12.7. The van der Waals surface area contributed by atoms with Gasteiger partial charge in [0.1, 0.15) is 5.82 Å². The quantitative estimate of drug-likeness (QED) is 0.809. The van der Waals surface area contributed by atoms with E-state index in [4.69, 9.17) is 0 Å². The highest BCUT2D eigenvalue weighted by Crippen LogP contribution is 2.22. The van der Waals surface area contributed by atoms with Crippen LogP contribution in [0.15, 0.2) is 29.2 Å². The molecule has 16 heavy (non-hydrogen) atoms. The zero-order valence-electron chi connectivity index (χ0n) is 9.42. The number of piperidine rings is 1. The normalized spacial score (nSPS) is 20.9. The van der Waals surface area contributed by atoms with Gasteiger partial charge in [-0.05, 0) is 68.3 Å². The Morgan fingerprint density at radius 2 is 2.12 bits per heavy atom. The van der Waals surface area contributed by atoms with Crippen molar-refractivity contribution in [2.24, 2.45) is 5.92 Å². The molecule has 1 unspecified atom stereocenters. The van der Waals surface area contributed by atoms with Gasteiger partial charge in [-0.15, -0.1) is 11.8 Å². The Morgan fingerprint density at radius 3 is 2.81 bits per heavy atom. The summed E-state index contributed by atoms with van der Waals surface area (Å²) in [5, 5.41) is 3.43.